The second kappa shape index (κ2) is 13.3. The van der Waals surface area contributed by atoms with Crippen molar-refractivity contribution >= 4 is 51.5 Å². The van der Waals surface area contributed by atoms with Crippen LogP contribution in [-0.2, 0) is 13.1 Å². The molecule has 5 rings (SSSR count). The van der Waals surface area contributed by atoms with Crippen LogP contribution >= 0.6 is 23.5 Å². The third kappa shape index (κ3) is 5.98. The van der Waals surface area contributed by atoms with Crippen molar-refractivity contribution in [3.05, 3.63) is 37.4 Å². The van der Waals surface area contributed by atoms with E-state index in [0.717, 1.165) is 77.1 Å². The molecular formula is C27H33N9O3S2. The molecule has 0 fully saturated rings. The monoisotopic (exact) mass is 595 g/mol. The van der Waals surface area contributed by atoms with Gasteiger partial charge in [0.25, 0.3) is 0 Å². The van der Waals surface area contributed by atoms with Crippen molar-refractivity contribution in [3.8, 4) is 17.2 Å². The number of fused-ring (bicyclic) bond motifs is 2. The van der Waals surface area contributed by atoms with Crippen LogP contribution in [0.5, 0.6) is 17.2 Å². The van der Waals surface area contributed by atoms with Crippen LogP contribution in [0.3, 0.4) is 0 Å². The summed E-state index contributed by atoms with van der Waals surface area (Å²) in [6, 6.07) is 3.99. The number of benzene rings is 1. The molecule has 41 heavy (non-hydrogen) atoms. The van der Waals surface area contributed by atoms with E-state index in [2.05, 4.69) is 43.9 Å². The van der Waals surface area contributed by atoms with Gasteiger partial charge in [-0.25, -0.2) is 29.9 Å². The van der Waals surface area contributed by atoms with E-state index < -0.39 is 0 Å². The Morgan fingerprint density at radius 3 is 1.59 bits per heavy atom. The Kier molecular flexibility index (Phi) is 9.29. The van der Waals surface area contributed by atoms with Crippen LogP contribution in [0, 0.1) is 0 Å². The van der Waals surface area contributed by atoms with Crippen LogP contribution in [0.15, 0.2) is 47.5 Å². The van der Waals surface area contributed by atoms with Crippen molar-refractivity contribution in [2.45, 2.75) is 36.0 Å². The second-order valence-corrected chi connectivity index (χ2v) is 10.7. The van der Waals surface area contributed by atoms with E-state index in [1.165, 1.54) is 0 Å². The average molecular weight is 596 g/mol. The van der Waals surface area contributed by atoms with Gasteiger partial charge in [0, 0.05) is 44.0 Å². The maximum Gasteiger partial charge on any atom is 0.203 e. The largest absolute Gasteiger partial charge is 0.493 e. The molecule has 0 aliphatic heterocycles. The van der Waals surface area contributed by atoms with Crippen molar-refractivity contribution in [2.24, 2.45) is 0 Å². The lowest BCUT2D eigenvalue weighted by molar-refractivity contribution is 0.324. The van der Waals surface area contributed by atoms with Crippen molar-refractivity contribution < 1.29 is 14.2 Å². The molecule has 12 nitrogen and oxygen atoms in total. The summed E-state index contributed by atoms with van der Waals surface area (Å²) < 4.78 is 21.0. The first-order valence-electron chi connectivity index (χ1n) is 13.1. The molecule has 0 aliphatic rings. The third-order valence-electron chi connectivity index (χ3n) is 6.79. The molecule has 14 heteroatoms. The number of anilines is 1. The summed E-state index contributed by atoms with van der Waals surface area (Å²) in [4.78, 5) is 29.1. The fourth-order valence-corrected chi connectivity index (χ4v) is 5.81. The van der Waals surface area contributed by atoms with Gasteiger partial charge in [0.1, 0.15) is 33.7 Å². The molecule has 4 heterocycles. The third-order valence-corrected chi connectivity index (χ3v) is 8.16. The van der Waals surface area contributed by atoms with E-state index in [1.54, 1.807) is 57.5 Å². The van der Waals surface area contributed by atoms with Gasteiger partial charge in [-0.1, -0.05) is 0 Å². The number of nitrogens with zero attached hydrogens (tertiary/aromatic N) is 9. The molecule has 0 bridgehead atoms. The number of hydrogen-bond acceptors (Lipinski definition) is 12. The van der Waals surface area contributed by atoms with Gasteiger partial charge in [-0.15, -0.1) is 23.5 Å². The standard InChI is InChI=1S/C27H33N9O3S2/c1-37-19-12-18(13-20(38-2)23(19)39-3)34(8-6-10-35-16-32-21-24(35)28-14-30-26(21)40-4)9-7-11-36-17-33-22-25(36)29-15-31-27(22)41-5/h12-17H,6-11H2,1-5H3. The molecule has 0 saturated carbocycles. The molecule has 0 aliphatic carbocycles. The smallest absolute Gasteiger partial charge is 0.203 e. The van der Waals surface area contributed by atoms with E-state index in [9.17, 15) is 0 Å². The van der Waals surface area contributed by atoms with E-state index in [1.807, 2.05) is 37.3 Å². The molecule has 0 N–H and O–H groups in total. The normalized spacial score (nSPS) is 11.3. The van der Waals surface area contributed by atoms with Gasteiger partial charge >= 0.3 is 0 Å². The van der Waals surface area contributed by atoms with Gasteiger partial charge in [-0.3, -0.25) is 0 Å². The quantitative estimate of drug-likeness (QED) is 0.134. The van der Waals surface area contributed by atoms with Crippen LogP contribution in [-0.4, -0.2) is 86.0 Å². The van der Waals surface area contributed by atoms with Crippen molar-refractivity contribution in [1.29, 1.82) is 0 Å². The number of methoxy groups -OCH3 is 3. The first-order chi connectivity index (χ1) is 20.1. The summed E-state index contributed by atoms with van der Waals surface area (Å²) in [6.45, 7) is 3.12. The molecule has 0 atom stereocenters. The Labute approximate surface area is 246 Å². The summed E-state index contributed by atoms with van der Waals surface area (Å²) in [5, 5.41) is 1.77. The highest BCUT2D eigenvalue weighted by atomic mass is 32.2. The van der Waals surface area contributed by atoms with Crippen molar-refractivity contribution in [2.75, 3.05) is 51.8 Å². The lowest BCUT2D eigenvalue weighted by atomic mass is 10.2. The summed E-state index contributed by atoms with van der Waals surface area (Å²) in [5.41, 5.74) is 4.36. The molecule has 4 aromatic heterocycles. The van der Waals surface area contributed by atoms with Gasteiger partial charge in [0.15, 0.2) is 22.8 Å². The summed E-state index contributed by atoms with van der Waals surface area (Å²) in [7, 11) is 4.88. The fraction of sp³-hybridized carbons (Fsp3) is 0.407. The van der Waals surface area contributed by atoms with Crippen LogP contribution in [0.4, 0.5) is 5.69 Å². The maximum absolute atomic E-state index is 5.65. The highest BCUT2D eigenvalue weighted by molar-refractivity contribution is 7.99. The number of imidazole rings is 2. The lowest BCUT2D eigenvalue weighted by Crippen LogP contribution is -2.27. The zero-order valence-corrected chi connectivity index (χ0v) is 25.4. The van der Waals surface area contributed by atoms with E-state index in [4.69, 9.17) is 14.2 Å². The van der Waals surface area contributed by atoms with E-state index in [0.29, 0.717) is 17.2 Å². The highest BCUT2D eigenvalue weighted by Crippen LogP contribution is 2.41. The van der Waals surface area contributed by atoms with Crippen LogP contribution < -0.4 is 19.1 Å². The van der Waals surface area contributed by atoms with Gasteiger partial charge in [0.2, 0.25) is 5.75 Å². The molecule has 216 valence electrons. The molecular weight excluding hydrogens is 562 g/mol. The van der Waals surface area contributed by atoms with Crippen LogP contribution in [0.25, 0.3) is 22.3 Å². The summed E-state index contributed by atoms with van der Waals surface area (Å²) >= 11 is 3.15. The fourth-order valence-electron chi connectivity index (χ4n) is 4.83. The highest BCUT2D eigenvalue weighted by Gasteiger charge is 2.18. The number of rotatable bonds is 14. The number of hydrogen-bond donors (Lipinski definition) is 0. The minimum absolute atomic E-state index is 0.571. The van der Waals surface area contributed by atoms with Gasteiger partial charge < -0.3 is 28.2 Å². The first kappa shape index (κ1) is 28.7. The molecule has 0 saturated heterocycles. The molecule has 5 aromatic rings. The SMILES string of the molecule is COc1cc(N(CCCn2cnc3c(SC)ncnc32)CCCn2cnc3c(SC)ncnc32)cc(OC)c1OC. The second-order valence-electron chi connectivity index (χ2n) is 9.06. The Morgan fingerprint density at radius 2 is 1.17 bits per heavy atom. The first-order valence-corrected chi connectivity index (χ1v) is 15.5. The maximum atomic E-state index is 5.65. The van der Waals surface area contributed by atoms with E-state index >= 15 is 0 Å². The average Bonchev–Trinajstić information content (AvgIpc) is 3.63. The Hall–Kier alpha value is -3.78. The molecule has 0 spiro atoms. The minimum atomic E-state index is 0.571. The van der Waals surface area contributed by atoms with Gasteiger partial charge in [-0.2, -0.15) is 0 Å². The number of aromatic nitrogens is 8. The number of ether oxygens (including phenoxy) is 3. The summed E-state index contributed by atoms with van der Waals surface area (Å²) in [6.07, 6.45) is 12.6. The van der Waals surface area contributed by atoms with Crippen LogP contribution in [0.1, 0.15) is 12.8 Å². The predicted molar refractivity (Wildman–Crippen MR) is 162 cm³/mol. The Balaban J connectivity index is 1.35. The molecule has 1 aromatic carbocycles. The van der Waals surface area contributed by atoms with Crippen molar-refractivity contribution in [1.82, 2.24) is 39.0 Å². The number of thioether (sulfide) groups is 2. The van der Waals surface area contributed by atoms with E-state index in [-0.39, 0.29) is 0 Å². The van der Waals surface area contributed by atoms with Crippen molar-refractivity contribution in [3.63, 3.8) is 0 Å². The topological polar surface area (TPSA) is 118 Å². The Bertz CT molecular complexity index is 1510. The predicted octanol–water partition coefficient (Wildman–Crippen LogP) is 4.42. The minimum Gasteiger partial charge on any atom is -0.493 e. The summed E-state index contributed by atoms with van der Waals surface area (Å²) in [5.74, 6) is 1.81. The zero-order chi connectivity index (χ0) is 28.8. The molecule has 0 unspecified atom stereocenters. The zero-order valence-electron chi connectivity index (χ0n) is 23.8. The van der Waals surface area contributed by atoms with Crippen LogP contribution in [0.2, 0.25) is 0 Å². The molecule has 0 radical (unpaired) electrons. The molecule has 0 amide bonds. The Morgan fingerprint density at radius 1 is 0.683 bits per heavy atom. The number of aryl methyl sites for hydroxylation is 2. The lowest BCUT2D eigenvalue weighted by Gasteiger charge is -2.27. The van der Waals surface area contributed by atoms with Gasteiger partial charge in [-0.05, 0) is 25.4 Å². The van der Waals surface area contributed by atoms with Gasteiger partial charge in [0.05, 0.1) is 34.0 Å².